The van der Waals surface area contributed by atoms with Crippen LogP contribution in [0.3, 0.4) is 0 Å². The minimum Gasteiger partial charge on any atom is -0.469 e. The van der Waals surface area contributed by atoms with Gasteiger partial charge in [0.15, 0.2) is 0 Å². The molecule has 12 heavy (non-hydrogen) atoms. The van der Waals surface area contributed by atoms with Crippen molar-refractivity contribution in [2.45, 2.75) is 12.1 Å². The predicted molar refractivity (Wildman–Crippen MR) is 47.9 cm³/mol. The van der Waals surface area contributed by atoms with E-state index in [4.69, 9.17) is 0 Å². The van der Waals surface area contributed by atoms with Crippen molar-refractivity contribution < 1.29 is 19.1 Å². The van der Waals surface area contributed by atoms with Crippen molar-refractivity contribution >= 4 is 50.7 Å². The molecule has 0 aliphatic heterocycles. The number of ether oxygens (including phenoxy) is 2. The zero-order valence-corrected chi connectivity index (χ0v) is 10.6. The van der Waals surface area contributed by atoms with E-state index in [0.717, 1.165) is 0 Å². The summed E-state index contributed by atoms with van der Waals surface area (Å²) in [4.78, 5) is 21.3. The van der Waals surface area contributed by atoms with Crippen molar-refractivity contribution in [1.29, 1.82) is 0 Å². The van der Waals surface area contributed by atoms with Gasteiger partial charge in [-0.25, -0.2) is 0 Å². The van der Waals surface area contributed by atoms with Crippen molar-refractivity contribution in [3.63, 3.8) is 0 Å². The van der Waals surface area contributed by atoms with Gasteiger partial charge < -0.3 is 9.47 Å². The Bertz CT molecular complexity index is 162. The number of hydrogen-bond acceptors (Lipinski definition) is 4. The Hall–Kier alpha value is 0.370. The van der Waals surface area contributed by atoms with E-state index in [1.165, 1.54) is 14.2 Å². The second-order valence-corrected chi connectivity index (χ2v) is 2.71. The molecule has 0 aromatic carbocycles. The number of esters is 2. The van der Waals surface area contributed by atoms with Crippen LogP contribution in [-0.2, 0) is 19.1 Å². The molecule has 0 bridgehead atoms. The van der Waals surface area contributed by atoms with Crippen LogP contribution in [0.2, 0.25) is 0 Å². The molecule has 0 fully saturated rings. The summed E-state index contributed by atoms with van der Waals surface area (Å²) in [5.41, 5.74) is -0.507. The molecule has 0 aromatic rings. The van der Waals surface area contributed by atoms with Crippen LogP contribution >= 0.6 is 9.24 Å². The van der Waals surface area contributed by atoms with Gasteiger partial charge in [0, 0.05) is 29.6 Å². The molecule has 0 aromatic heterocycles. The summed E-state index contributed by atoms with van der Waals surface area (Å²) >= 11 is 0. The van der Waals surface area contributed by atoms with E-state index in [1.54, 1.807) is 0 Å². The van der Waals surface area contributed by atoms with Crippen LogP contribution in [0, 0.1) is 0 Å². The molecule has 6 heteroatoms. The van der Waals surface area contributed by atoms with Gasteiger partial charge in [0.1, 0.15) is 0 Å². The molecule has 2 atom stereocenters. The van der Waals surface area contributed by atoms with E-state index in [2.05, 4.69) is 18.7 Å². The molecule has 0 spiro atoms. The number of hydrogen-bond donors (Lipinski definition) is 0. The minimum absolute atomic E-state index is 0. The predicted octanol–water partition coefficient (Wildman–Crippen LogP) is -0.415. The molecule has 2 unspecified atom stereocenters. The van der Waals surface area contributed by atoms with E-state index in [1.807, 2.05) is 0 Å². The van der Waals surface area contributed by atoms with Crippen molar-refractivity contribution in [1.82, 2.24) is 0 Å². The van der Waals surface area contributed by atoms with E-state index < -0.39 is 17.6 Å². The summed E-state index contributed by atoms with van der Waals surface area (Å²) < 4.78 is 8.75. The Morgan fingerprint density at radius 2 is 1.83 bits per heavy atom. The molecule has 0 N–H and O–H groups in total. The van der Waals surface area contributed by atoms with Crippen LogP contribution in [0.15, 0.2) is 0 Å². The third kappa shape index (κ3) is 5.95. The fourth-order valence-electron chi connectivity index (χ4n) is 0.498. The molecule has 4 nitrogen and oxygen atoms in total. The quantitative estimate of drug-likeness (QED) is 0.353. The van der Waals surface area contributed by atoms with Gasteiger partial charge in [-0.15, -0.1) is 9.24 Å². The van der Waals surface area contributed by atoms with Gasteiger partial charge in [0.2, 0.25) is 0 Å². The average Bonchev–Trinajstić information content (AvgIpc) is 2.02. The minimum atomic E-state index is -0.507. The zero-order valence-electron chi connectivity index (χ0n) is 7.49. The van der Waals surface area contributed by atoms with E-state index in [0.29, 0.717) is 0 Å². The van der Waals surface area contributed by atoms with E-state index in [-0.39, 0.29) is 36.0 Å². The molecule has 0 amide bonds. The molecular weight excluding hydrogens is 190 g/mol. The summed E-state index contributed by atoms with van der Waals surface area (Å²) in [6.45, 7) is 0. The normalized spacial score (nSPS) is 10.9. The van der Waals surface area contributed by atoms with Crippen LogP contribution in [-0.4, -0.2) is 61.4 Å². The van der Waals surface area contributed by atoms with Gasteiger partial charge in [-0.2, -0.15) is 0 Å². The Morgan fingerprint density at radius 1 is 1.33 bits per heavy atom. The molecular formula is C6H11NaO4P. The Morgan fingerprint density at radius 3 is 2.17 bits per heavy atom. The molecule has 0 aliphatic carbocycles. The van der Waals surface area contributed by atoms with E-state index in [9.17, 15) is 9.59 Å². The summed E-state index contributed by atoms with van der Waals surface area (Å²) in [7, 11) is 4.77. The fraction of sp³-hybridized carbons (Fsp3) is 0.667. The van der Waals surface area contributed by atoms with Gasteiger partial charge in [-0.1, -0.05) is 0 Å². The molecule has 0 saturated carbocycles. The van der Waals surface area contributed by atoms with Gasteiger partial charge in [0.25, 0.3) is 0 Å². The maximum atomic E-state index is 10.7. The SMILES string of the molecule is COC(=O)CC(P)C(=O)OC.[Na]. The number of methoxy groups -OCH3 is 2. The smallest absolute Gasteiger partial charge is 0.313 e. The molecule has 0 saturated heterocycles. The largest absolute Gasteiger partial charge is 0.469 e. The van der Waals surface area contributed by atoms with Crippen LogP contribution in [0.25, 0.3) is 0 Å². The number of rotatable bonds is 3. The summed E-state index contributed by atoms with van der Waals surface area (Å²) in [5.74, 6) is -0.851. The van der Waals surface area contributed by atoms with E-state index >= 15 is 0 Å². The molecule has 0 rings (SSSR count). The first-order valence-corrected chi connectivity index (χ1v) is 3.68. The van der Waals surface area contributed by atoms with Gasteiger partial charge in [-0.05, 0) is 0 Å². The fourth-order valence-corrected chi connectivity index (χ4v) is 0.826. The Labute approximate surface area is 95.9 Å². The summed E-state index contributed by atoms with van der Waals surface area (Å²) in [5, 5.41) is 0. The summed E-state index contributed by atoms with van der Waals surface area (Å²) in [6, 6.07) is 0. The molecule has 0 aliphatic rings. The third-order valence-corrected chi connectivity index (χ3v) is 1.63. The number of carbonyl (C=O) groups excluding carboxylic acids is 2. The maximum Gasteiger partial charge on any atom is 0.313 e. The van der Waals surface area contributed by atoms with Crippen molar-refractivity contribution in [3.05, 3.63) is 0 Å². The molecule has 65 valence electrons. The summed E-state index contributed by atoms with van der Waals surface area (Å²) in [6.07, 6.45) is 0.0356. The van der Waals surface area contributed by atoms with Crippen LogP contribution in [0.1, 0.15) is 6.42 Å². The van der Waals surface area contributed by atoms with Crippen LogP contribution < -0.4 is 0 Å². The Balaban J connectivity index is 0. The molecule has 0 heterocycles. The first-order chi connectivity index (χ1) is 5.11. The van der Waals surface area contributed by atoms with Crippen LogP contribution in [0.4, 0.5) is 0 Å². The maximum absolute atomic E-state index is 10.7. The van der Waals surface area contributed by atoms with Crippen molar-refractivity contribution in [2.24, 2.45) is 0 Å². The first kappa shape index (κ1) is 14.9. The topological polar surface area (TPSA) is 52.6 Å². The number of carbonyl (C=O) groups is 2. The van der Waals surface area contributed by atoms with Crippen LogP contribution in [0.5, 0.6) is 0 Å². The second kappa shape index (κ2) is 7.99. The van der Waals surface area contributed by atoms with Crippen molar-refractivity contribution in [3.8, 4) is 0 Å². The van der Waals surface area contributed by atoms with Gasteiger partial charge in [0.05, 0.1) is 26.3 Å². The van der Waals surface area contributed by atoms with Crippen molar-refractivity contribution in [2.75, 3.05) is 14.2 Å². The molecule has 1 radical (unpaired) electrons. The third-order valence-electron chi connectivity index (χ3n) is 1.12. The first-order valence-electron chi connectivity index (χ1n) is 3.02. The average molecular weight is 201 g/mol. The monoisotopic (exact) mass is 201 g/mol. The Kier molecular flexibility index (Phi) is 9.90. The zero-order chi connectivity index (χ0) is 8.85. The van der Waals surface area contributed by atoms with Gasteiger partial charge in [-0.3, -0.25) is 9.59 Å². The van der Waals surface area contributed by atoms with Gasteiger partial charge >= 0.3 is 11.9 Å². The second-order valence-electron chi connectivity index (χ2n) is 1.91. The standard InChI is InChI=1S/C6H11O4P.Na/c1-9-5(7)3-4(11)6(8)10-2;/h4H,3,11H2,1-2H3;.